The summed E-state index contributed by atoms with van der Waals surface area (Å²) in [7, 11) is -0.0894. The molecule has 0 unspecified atom stereocenters. The molecular formula is C23H34O4S. The summed E-state index contributed by atoms with van der Waals surface area (Å²) in [5.41, 5.74) is 1.18. The fourth-order valence-corrected chi connectivity index (χ4v) is 4.91. The van der Waals surface area contributed by atoms with Gasteiger partial charge in [-0.3, -0.25) is 0 Å². The average Bonchev–Trinajstić information content (AvgIpc) is 2.68. The first-order valence-electron chi connectivity index (χ1n) is 9.58. The van der Waals surface area contributed by atoms with Crippen LogP contribution in [0.1, 0.15) is 27.7 Å². The molecular weight excluding hydrogens is 372 g/mol. The van der Waals surface area contributed by atoms with E-state index in [-0.39, 0.29) is 29.8 Å². The largest absolute Gasteiger partial charge is 0.381 e. The van der Waals surface area contributed by atoms with E-state index in [9.17, 15) is 8.42 Å². The molecule has 0 aliphatic heterocycles. The third-order valence-electron chi connectivity index (χ3n) is 4.95. The number of sulfone groups is 1. The summed E-state index contributed by atoms with van der Waals surface area (Å²) in [5.74, 6) is -0.166. The maximum atomic E-state index is 12.7. The van der Waals surface area contributed by atoms with Gasteiger partial charge < -0.3 is 9.47 Å². The predicted molar refractivity (Wildman–Crippen MR) is 116 cm³/mol. The topological polar surface area (TPSA) is 52.6 Å². The normalized spacial score (nSPS) is 17.7. The Morgan fingerprint density at radius 1 is 1.07 bits per heavy atom. The number of methoxy groups -OCH3 is 2. The van der Waals surface area contributed by atoms with Crippen LogP contribution in [-0.4, -0.2) is 40.6 Å². The van der Waals surface area contributed by atoms with Gasteiger partial charge in [0.2, 0.25) is 0 Å². The van der Waals surface area contributed by atoms with Crippen LogP contribution in [-0.2, 0) is 19.3 Å². The number of hydrogen-bond acceptors (Lipinski definition) is 4. The molecule has 1 aromatic carbocycles. The Labute approximate surface area is 170 Å². The first kappa shape index (κ1) is 24.3. The second-order valence-electron chi connectivity index (χ2n) is 7.11. The van der Waals surface area contributed by atoms with E-state index in [1.807, 2.05) is 64.1 Å². The number of benzene rings is 1. The lowest BCUT2D eigenvalue weighted by molar-refractivity contribution is -0.0280. The maximum Gasteiger partial charge on any atom is 0.178 e. The molecule has 0 heterocycles. The predicted octanol–water partition coefficient (Wildman–Crippen LogP) is 4.84. The Balaban J connectivity index is 2.88. The van der Waals surface area contributed by atoms with Crippen LogP contribution >= 0.6 is 0 Å². The maximum absolute atomic E-state index is 12.7. The molecule has 28 heavy (non-hydrogen) atoms. The number of rotatable bonds is 11. The van der Waals surface area contributed by atoms with Crippen LogP contribution in [0.15, 0.2) is 71.2 Å². The second kappa shape index (κ2) is 12.0. The Morgan fingerprint density at radius 2 is 1.71 bits per heavy atom. The molecule has 1 aromatic rings. The van der Waals surface area contributed by atoms with Crippen LogP contribution in [0.3, 0.4) is 0 Å². The van der Waals surface area contributed by atoms with Crippen molar-refractivity contribution in [3.05, 3.63) is 66.3 Å². The number of allylic oxidation sites excluding steroid dienone is 5. The van der Waals surface area contributed by atoms with Crippen molar-refractivity contribution < 1.29 is 17.9 Å². The third-order valence-corrected chi connectivity index (χ3v) is 6.91. The van der Waals surface area contributed by atoms with E-state index in [0.717, 1.165) is 0 Å². The highest BCUT2D eigenvalue weighted by Crippen LogP contribution is 2.25. The monoisotopic (exact) mass is 406 g/mol. The van der Waals surface area contributed by atoms with Gasteiger partial charge >= 0.3 is 0 Å². The minimum atomic E-state index is -3.37. The van der Waals surface area contributed by atoms with Crippen molar-refractivity contribution in [3.63, 3.8) is 0 Å². The highest BCUT2D eigenvalue weighted by molar-refractivity contribution is 7.91. The van der Waals surface area contributed by atoms with Crippen molar-refractivity contribution in [3.8, 4) is 0 Å². The minimum absolute atomic E-state index is 0.0107. The van der Waals surface area contributed by atoms with Gasteiger partial charge in [0.25, 0.3) is 0 Å². The molecule has 5 heteroatoms. The van der Waals surface area contributed by atoms with Gasteiger partial charge in [-0.05, 0) is 31.9 Å². The van der Waals surface area contributed by atoms with Gasteiger partial charge in [0.05, 0.1) is 22.9 Å². The molecule has 4 atom stereocenters. The van der Waals surface area contributed by atoms with Crippen molar-refractivity contribution >= 4 is 9.84 Å². The zero-order valence-electron chi connectivity index (χ0n) is 17.8. The smallest absolute Gasteiger partial charge is 0.178 e. The van der Waals surface area contributed by atoms with E-state index < -0.39 is 9.84 Å². The minimum Gasteiger partial charge on any atom is -0.381 e. The highest BCUT2D eigenvalue weighted by Gasteiger charge is 2.32. The van der Waals surface area contributed by atoms with Crippen LogP contribution < -0.4 is 0 Å². The van der Waals surface area contributed by atoms with Crippen molar-refractivity contribution in [2.45, 2.75) is 44.8 Å². The summed E-state index contributed by atoms with van der Waals surface area (Å²) in [6.45, 7) is 7.98. The Hall–Kier alpha value is -1.69. The summed E-state index contributed by atoms with van der Waals surface area (Å²) in [5, 5.41) is 0. The van der Waals surface area contributed by atoms with E-state index in [0.29, 0.717) is 4.90 Å². The van der Waals surface area contributed by atoms with Crippen LogP contribution in [0.2, 0.25) is 0 Å². The van der Waals surface area contributed by atoms with Crippen LogP contribution in [0.5, 0.6) is 0 Å². The lowest BCUT2D eigenvalue weighted by Crippen LogP contribution is -2.38. The number of hydrogen-bond donors (Lipinski definition) is 0. The van der Waals surface area contributed by atoms with Crippen molar-refractivity contribution in [2.75, 3.05) is 20.0 Å². The molecule has 156 valence electrons. The molecule has 0 bridgehead atoms. The quantitative estimate of drug-likeness (QED) is 0.493. The second-order valence-corrected chi connectivity index (χ2v) is 9.14. The molecule has 0 N–H and O–H groups in total. The molecule has 0 radical (unpaired) electrons. The Kier molecular flexibility index (Phi) is 10.4. The van der Waals surface area contributed by atoms with Gasteiger partial charge in [-0.15, -0.1) is 0 Å². The molecule has 4 nitrogen and oxygen atoms in total. The molecule has 0 fully saturated rings. The average molecular weight is 407 g/mol. The molecule has 0 aliphatic rings. The summed E-state index contributed by atoms with van der Waals surface area (Å²) >= 11 is 0. The molecule has 0 saturated carbocycles. The van der Waals surface area contributed by atoms with Gasteiger partial charge in [-0.1, -0.05) is 68.0 Å². The lowest BCUT2D eigenvalue weighted by atomic mass is 9.89. The van der Waals surface area contributed by atoms with E-state index in [2.05, 4.69) is 0 Å². The third kappa shape index (κ3) is 7.38. The zero-order valence-corrected chi connectivity index (χ0v) is 18.6. The van der Waals surface area contributed by atoms with Crippen LogP contribution in [0, 0.1) is 11.8 Å². The first-order valence-corrected chi connectivity index (χ1v) is 11.2. The Bertz CT molecular complexity index is 763. The summed E-state index contributed by atoms with van der Waals surface area (Å²) in [6, 6.07) is 8.55. The summed E-state index contributed by atoms with van der Waals surface area (Å²) in [6.07, 6.45) is 9.54. The summed E-state index contributed by atoms with van der Waals surface area (Å²) in [4.78, 5) is 0.344. The van der Waals surface area contributed by atoms with E-state index in [4.69, 9.17) is 9.47 Å². The van der Waals surface area contributed by atoms with Crippen LogP contribution in [0.25, 0.3) is 0 Å². The first-order chi connectivity index (χ1) is 13.3. The van der Waals surface area contributed by atoms with Gasteiger partial charge in [-0.25, -0.2) is 8.42 Å². The molecule has 0 saturated heterocycles. The molecule has 0 aliphatic carbocycles. The van der Waals surface area contributed by atoms with Crippen molar-refractivity contribution in [2.24, 2.45) is 11.8 Å². The SMILES string of the molecule is C/C=C(C)/C=C/C=C/[C@H](OC)[C@H](C)[C@H](OC)[C@H](C)CS(=O)(=O)c1ccccc1. The standard InChI is InChI=1S/C23H34O4S/c1-7-18(2)13-11-12-16-22(26-5)20(4)23(27-6)19(3)17-28(24,25)21-14-9-8-10-15-21/h7-16,19-20,22-23H,17H2,1-6H3/b13-11+,16-12+,18-7+/t19-,20+,22+,23-/m1/s1. The van der Waals surface area contributed by atoms with E-state index in [1.165, 1.54) is 5.57 Å². The fraction of sp³-hybridized carbons (Fsp3) is 0.478. The molecule has 1 rings (SSSR count). The van der Waals surface area contributed by atoms with Gasteiger partial charge in [0.15, 0.2) is 9.84 Å². The Morgan fingerprint density at radius 3 is 2.25 bits per heavy atom. The summed E-state index contributed by atoms with van der Waals surface area (Å²) < 4.78 is 36.7. The van der Waals surface area contributed by atoms with Gasteiger partial charge in [-0.2, -0.15) is 0 Å². The lowest BCUT2D eigenvalue weighted by Gasteiger charge is -2.31. The van der Waals surface area contributed by atoms with Crippen LogP contribution in [0.4, 0.5) is 0 Å². The fourth-order valence-electron chi connectivity index (χ4n) is 3.26. The van der Waals surface area contributed by atoms with Crippen molar-refractivity contribution in [1.82, 2.24) is 0 Å². The van der Waals surface area contributed by atoms with Gasteiger partial charge in [0.1, 0.15) is 0 Å². The molecule has 0 amide bonds. The number of ether oxygens (including phenoxy) is 2. The molecule has 0 spiro atoms. The van der Waals surface area contributed by atoms with E-state index in [1.54, 1.807) is 38.5 Å². The van der Waals surface area contributed by atoms with E-state index >= 15 is 0 Å². The molecule has 0 aromatic heterocycles. The van der Waals surface area contributed by atoms with Crippen molar-refractivity contribution in [1.29, 1.82) is 0 Å². The van der Waals surface area contributed by atoms with Gasteiger partial charge in [0, 0.05) is 20.1 Å². The highest BCUT2D eigenvalue weighted by atomic mass is 32.2. The zero-order chi connectivity index (χ0) is 21.2.